The molecule has 7 heteroatoms. The van der Waals surface area contributed by atoms with Crippen molar-refractivity contribution in [2.45, 2.75) is 6.92 Å². The molecule has 0 unspecified atom stereocenters. The number of hydrogen-bond acceptors (Lipinski definition) is 3. The molecule has 1 rings (SSSR count). The van der Waals surface area contributed by atoms with Crippen LogP contribution in [0.15, 0.2) is 12.1 Å². The normalized spacial score (nSPS) is 9.80. The van der Waals surface area contributed by atoms with Gasteiger partial charge < -0.3 is 5.32 Å². The molecule has 1 N–H and O–H groups in total. The van der Waals surface area contributed by atoms with Crippen LogP contribution in [0.1, 0.15) is 6.92 Å². The number of carbonyl (C=O) groups is 1. The van der Waals surface area contributed by atoms with E-state index in [1.165, 1.54) is 19.1 Å². The van der Waals surface area contributed by atoms with Gasteiger partial charge in [-0.3, -0.25) is 14.9 Å². The molecule has 1 aromatic rings. The number of nitrogens with zero attached hydrogens (tertiary/aromatic N) is 1. The molecule has 80 valence electrons. The highest BCUT2D eigenvalue weighted by Crippen LogP contribution is 2.37. The van der Waals surface area contributed by atoms with Gasteiger partial charge in [-0.05, 0) is 6.07 Å². The van der Waals surface area contributed by atoms with Crippen molar-refractivity contribution in [2.75, 3.05) is 5.32 Å². The van der Waals surface area contributed by atoms with Gasteiger partial charge in [-0.2, -0.15) is 0 Å². The van der Waals surface area contributed by atoms with Gasteiger partial charge in [0.15, 0.2) is 0 Å². The molecule has 0 saturated heterocycles. The zero-order valence-corrected chi connectivity index (χ0v) is 9.09. The Bertz CT molecular complexity index is 434. The van der Waals surface area contributed by atoms with Crippen molar-refractivity contribution in [3.05, 3.63) is 32.3 Å². The Hall–Kier alpha value is -1.33. The highest BCUT2D eigenvalue weighted by molar-refractivity contribution is 6.41. The number of rotatable bonds is 2. The first kappa shape index (κ1) is 11.7. The van der Waals surface area contributed by atoms with Gasteiger partial charge >= 0.3 is 0 Å². The molecule has 0 bridgehead atoms. The first-order chi connectivity index (χ1) is 6.93. The standard InChI is InChI=1S/C8H6Cl2N2O3/c1-4(13)11-8-5(9)2-3-6(7(8)10)12(14)15/h2-3H,1H3,(H,11,13). The smallest absolute Gasteiger partial charge is 0.290 e. The lowest BCUT2D eigenvalue weighted by atomic mass is 10.2. The minimum absolute atomic E-state index is 0.0556. The minimum Gasteiger partial charge on any atom is -0.324 e. The summed E-state index contributed by atoms with van der Waals surface area (Å²) >= 11 is 11.4. The third-order valence-corrected chi connectivity index (χ3v) is 2.27. The van der Waals surface area contributed by atoms with E-state index in [0.717, 1.165) is 0 Å². The molecule has 0 aromatic heterocycles. The lowest BCUT2D eigenvalue weighted by Gasteiger charge is -2.06. The number of anilines is 1. The summed E-state index contributed by atoms with van der Waals surface area (Å²) in [5.74, 6) is -0.403. The predicted octanol–water partition coefficient (Wildman–Crippen LogP) is 2.86. The molecule has 0 fully saturated rings. The Labute approximate surface area is 95.1 Å². The van der Waals surface area contributed by atoms with Crippen LogP contribution in [0.2, 0.25) is 10.0 Å². The van der Waals surface area contributed by atoms with Crippen LogP contribution in [0.25, 0.3) is 0 Å². The molecule has 1 aromatic carbocycles. The predicted molar refractivity (Wildman–Crippen MR) is 57.4 cm³/mol. The lowest BCUT2D eigenvalue weighted by molar-refractivity contribution is -0.384. The van der Waals surface area contributed by atoms with E-state index in [1.807, 2.05) is 0 Å². The van der Waals surface area contributed by atoms with E-state index in [4.69, 9.17) is 23.2 Å². The number of nitro benzene ring substituents is 1. The van der Waals surface area contributed by atoms with Crippen molar-refractivity contribution < 1.29 is 9.72 Å². The molecule has 0 saturated carbocycles. The number of hydrogen-bond donors (Lipinski definition) is 1. The molecular formula is C8H6Cl2N2O3. The van der Waals surface area contributed by atoms with Gasteiger partial charge in [0.1, 0.15) is 5.02 Å². The fraction of sp³-hybridized carbons (Fsp3) is 0.125. The van der Waals surface area contributed by atoms with Crippen molar-refractivity contribution in [1.29, 1.82) is 0 Å². The molecule has 0 heterocycles. The molecule has 0 aliphatic rings. The summed E-state index contributed by atoms with van der Waals surface area (Å²) in [4.78, 5) is 20.7. The van der Waals surface area contributed by atoms with Crippen LogP contribution in [-0.2, 0) is 4.79 Å². The summed E-state index contributed by atoms with van der Waals surface area (Å²) in [6.45, 7) is 1.26. The maximum absolute atomic E-state index is 10.8. The molecule has 0 atom stereocenters. The number of halogens is 2. The van der Waals surface area contributed by atoms with E-state index < -0.39 is 10.8 Å². The Morgan fingerprint density at radius 3 is 2.53 bits per heavy atom. The second-order valence-electron chi connectivity index (χ2n) is 2.69. The molecule has 15 heavy (non-hydrogen) atoms. The number of nitro groups is 1. The SMILES string of the molecule is CC(=O)Nc1c(Cl)ccc([N+](=O)[O-])c1Cl. The number of nitrogens with one attached hydrogen (secondary N) is 1. The van der Waals surface area contributed by atoms with Crippen molar-refractivity contribution in [3.63, 3.8) is 0 Å². The fourth-order valence-electron chi connectivity index (χ4n) is 0.973. The highest BCUT2D eigenvalue weighted by atomic mass is 35.5. The Balaban J connectivity index is 3.29. The molecular weight excluding hydrogens is 243 g/mol. The Morgan fingerprint density at radius 1 is 1.47 bits per heavy atom. The number of amides is 1. The zero-order valence-electron chi connectivity index (χ0n) is 7.58. The quantitative estimate of drug-likeness (QED) is 0.646. The van der Waals surface area contributed by atoms with Crippen LogP contribution in [-0.4, -0.2) is 10.8 Å². The van der Waals surface area contributed by atoms with Crippen molar-refractivity contribution >= 4 is 40.5 Å². The van der Waals surface area contributed by atoms with Crippen LogP contribution in [0, 0.1) is 10.1 Å². The summed E-state index contributed by atoms with van der Waals surface area (Å²) < 4.78 is 0. The van der Waals surface area contributed by atoms with Crippen LogP contribution >= 0.6 is 23.2 Å². The van der Waals surface area contributed by atoms with E-state index in [0.29, 0.717) is 0 Å². The van der Waals surface area contributed by atoms with E-state index in [2.05, 4.69) is 5.32 Å². The Morgan fingerprint density at radius 2 is 2.07 bits per heavy atom. The van der Waals surface area contributed by atoms with Crippen molar-refractivity contribution in [1.82, 2.24) is 0 Å². The lowest BCUT2D eigenvalue weighted by Crippen LogP contribution is -2.07. The third-order valence-electron chi connectivity index (χ3n) is 1.57. The van der Waals surface area contributed by atoms with Crippen LogP contribution < -0.4 is 5.32 Å². The topological polar surface area (TPSA) is 72.2 Å². The fourth-order valence-corrected chi connectivity index (χ4v) is 1.51. The van der Waals surface area contributed by atoms with Crippen LogP contribution in [0.3, 0.4) is 0 Å². The Kier molecular flexibility index (Phi) is 3.49. The van der Waals surface area contributed by atoms with Gasteiger partial charge in [0.2, 0.25) is 5.91 Å². The molecule has 5 nitrogen and oxygen atoms in total. The average molecular weight is 249 g/mol. The van der Waals surface area contributed by atoms with Crippen LogP contribution in [0.5, 0.6) is 0 Å². The largest absolute Gasteiger partial charge is 0.324 e. The summed E-state index contributed by atoms with van der Waals surface area (Å²) in [5.41, 5.74) is -0.246. The van der Waals surface area contributed by atoms with Gasteiger partial charge in [0.25, 0.3) is 5.69 Å². The maximum Gasteiger partial charge on any atom is 0.290 e. The van der Waals surface area contributed by atoms with E-state index in [9.17, 15) is 14.9 Å². The summed E-state index contributed by atoms with van der Waals surface area (Å²) in [6.07, 6.45) is 0. The van der Waals surface area contributed by atoms with Crippen molar-refractivity contribution in [2.24, 2.45) is 0 Å². The second-order valence-corrected chi connectivity index (χ2v) is 3.48. The van der Waals surface area contributed by atoms with Gasteiger partial charge in [0.05, 0.1) is 15.6 Å². The van der Waals surface area contributed by atoms with Crippen LogP contribution in [0.4, 0.5) is 11.4 Å². The molecule has 0 spiro atoms. The van der Waals surface area contributed by atoms with E-state index in [-0.39, 0.29) is 21.4 Å². The molecule has 1 amide bonds. The van der Waals surface area contributed by atoms with Crippen molar-refractivity contribution in [3.8, 4) is 0 Å². The highest BCUT2D eigenvalue weighted by Gasteiger charge is 2.19. The first-order valence-electron chi connectivity index (χ1n) is 3.83. The average Bonchev–Trinajstić information content (AvgIpc) is 2.11. The molecule has 0 radical (unpaired) electrons. The minimum atomic E-state index is -0.649. The summed E-state index contributed by atoms with van der Waals surface area (Å²) in [5, 5.41) is 12.8. The maximum atomic E-state index is 10.8. The first-order valence-corrected chi connectivity index (χ1v) is 4.59. The summed E-state index contributed by atoms with van der Waals surface area (Å²) in [6, 6.07) is 2.48. The van der Waals surface area contributed by atoms with E-state index in [1.54, 1.807) is 0 Å². The molecule has 0 aliphatic carbocycles. The summed E-state index contributed by atoms with van der Waals surface area (Å²) in [7, 11) is 0. The van der Waals surface area contributed by atoms with Gasteiger partial charge in [-0.25, -0.2) is 0 Å². The van der Waals surface area contributed by atoms with Gasteiger partial charge in [0, 0.05) is 13.0 Å². The van der Waals surface area contributed by atoms with Gasteiger partial charge in [-0.1, -0.05) is 23.2 Å². The number of carbonyl (C=O) groups excluding carboxylic acids is 1. The monoisotopic (exact) mass is 248 g/mol. The van der Waals surface area contributed by atoms with E-state index >= 15 is 0 Å². The van der Waals surface area contributed by atoms with Gasteiger partial charge in [-0.15, -0.1) is 0 Å². The number of benzene rings is 1. The molecule has 0 aliphatic heterocycles. The zero-order chi connectivity index (χ0) is 11.6. The third kappa shape index (κ3) is 2.57. The second kappa shape index (κ2) is 4.46.